The van der Waals surface area contributed by atoms with E-state index in [-0.39, 0.29) is 5.91 Å². The predicted molar refractivity (Wildman–Crippen MR) is 113 cm³/mol. The fraction of sp³-hybridized carbons (Fsp3) is 0.435. The van der Waals surface area contributed by atoms with Crippen molar-refractivity contribution < 1.29 is 9.90 Å². The van der Waals surface area contributed by atoms with Crippen LogP contribution in [-0.4, -0.2) is 30.7 Å². The second-order valence-electron chi connectivity index (χ2n) is 7.96. The second-order valence-corrected chi connectivity index (χ2v) is 8.40. The fourth-order valence-electron chi connectivity index (χ4n) is 4.99. The molecule has 28 heavy (non-hydrogen) atoms. The standard InChI is InChI=1S/C23H27ClN2O2/c1-25-15-20(27)21(16-8-4-2-5-9-16)26-19-11-10-17(24)14-18(19)23(22(26)28)12-6-3-7-13-23/h2,4-5,8-11,14,20-21,25,27H,3,6-7,12-13,15H2,1H3. The number of aliphatic hydroxyl groups excluding tert-OH is 1. The Morgan fingerprint density at radius 3 is 2.54 bits per heavy atom. The molecule has 0 bridgehead atoms. The molecule has 1 amide bonds. The first-order valence-corrected chi connectivity index (χ1v) is 10.5. The van der Waals surface area contributed by atoms with Gasteiger partial charge in [0.1, 0.15) is 0 Å². The van der Waals surface area contributed by atoms with Crippen LogP contribution < -0.4 is 10.2 Å². The topological polar surface area (TPSA) is 52.6 Å². The van der Waals surface area contributed by atoms with E-state index in [2.05, 4.69) is 5.32 Å². The number of halogens is 1. The highest BCUT2D eigenvalue weighted by molar-refractivity contribution is 6.31. The summed E-state index contributed by atoms with van der Waals surface area (Å²) in [7, 11) is 1.81. The van der Waals surface area contributed by atoms with Crippen LogP contribution in [0.15, 0.2) is 48.5 Å². The van der Waals surface area contributed by atoms with Gasteiger partial charge >= 0.3 is 0 Å². The van der Waals surface area contributed by atoms with E-state index in [1.165, 1.54) is 0 Å². The smallest absolute Gasteiger partial charge is 0.238 e. The third-order valence-corrected chi connectivity index (χ3v) is 6.50. The molecule has 1 saturated carbocycles. The molecule has 148 valence electrons. The minimum absolute atomic E-state index is 0.105. The summed E-state index contributed by atoms with van der Waals surface area (Å²) < 4.78 is 0. The van der Waals surface area contributed by atoms with E-state index in [4.69, 9.17) is 11.6 Å². The van der Waals surface area contributed by atoms with E-state index < -0.39 is 17.6 Å². The Hall–Kier alpha value is -1.88. The third kappa shape index (κ3) is 3.14. The van der Waals surface area contributed by atoms with Gasteiger partial charge in [-0.25, -0.2) is 0 Å². The van der Waals surface area contributed by atoms with Crippen molar-refractivity contribution in [2.24, 2.45) is 0 Å². The van der Waals surface area contributed by atoms with Crippen LogP contribution in [0.2, 0.25) is 5.02 Å². The summed E-state index contributed by atoms with van der Waals surface area (Å²) in [5.74, 6) is 0.105. The van der Waals surface area contributed by atoms with E-state index in [0.717, 1.165) is 48.9 Å². The number of carbonyl (C=O) groups excluding carboxylic acids is 1. The molecule has 1 heterocycles. The molecule has 2 aromatic carbocycles. The number of hydrogen-bond acceptors (Lipinski definition) is 3. The predicted octanol–water partition coefficient (Wildman–Crippen LogP) is 4.21. The van der Waals surface area contributed by atoms with E-state index in [1.54, 1.807) is 0 Å². The van der Waals surface area contributed by atoms with E-state index in [1.807, 2.05) is 60.5 Å². The molecule has 1 aliphatic heterocycles. The van der Waals surface area contributed by atoms with E-state index in [0.29, 0.717) is 11.6 Å². The molecule has 1 aliphatic carbocycles. The Kier molecular flexibility index (Phi) is 5.46. The number of benzene rings is 2. The van der Waals surface area contributed by atoms with Crippen molar-refractivity contribution in [3.63, 3.8) is 0 Å². The normalized spacial score (nSPS) is 20.2. The van der Waals surface area contributed by atoms with Crippen molar-refractivity contribution in [3.8, 4) is 0 Å². The number of hydrogen-bond donors (Lipinski definition) is 2. The quantitative estimate of drug-likeness (QED) is 0.793. The average Bonchev–Trinajstić information content (AvgIpc) is 2.93. The summed E-state index contributed by atoms with van der Waals surface area (Å²) in [5, 5.41) is 14.7. The monoisotopic (exact) mass is 398 g/mol. The van der Waals surface area contributed by atoms with Crippen LogP contribution >= 0.6 is 11.6 Å². The summed E-state index contributed by atoms with van der Waals surface area (Å²) in [4.78, 5) is 15.8. The van der Waals surface area contributed by atoms with E-state index >= 15 is 0 Å². The molecule has 0 saturated heterocycles. The summed E-state index contributed by atoms with van der Waals surface area (Å²) in [6, 6.07) is 15.1. The maximum Gasteiger partial charge on any atom is 0.238 e. The Balaban J connectivity index is 1.86. The maximum atomic E-state index is 13.9. The van der Waals surface area contributed by atoms with Crippen molar-refractivity contribution in [2.75, 3.05) is 18.5 Å². The molecule has 1 fully saturated rings. The van der Waals surface area contributed by atoms with E-state index in [9.17, 15) is 9.90 Å². The molecule has 2 aliphatic rings. The van der Waals surface area contributed by atoms with Gasteiger partial charge in [0, 0.05) is 17.3 Å². The Bertz CT molecular complexity index is 849. The molecule has 0 radical (unpaired) electrons. The fourth-order valence-corrected chi connectivity index (χ4v) is 5.16. The molecule has 2 aromatic rings. The van der Waals surface area contributed by atoms with Crippen LogP contribution in [0.25, 0.3) is 0 Å². The van der Waals surface area contributed by atoms with Crippen LogP contribution in [0.5, 0.6) is 0 Å². The number of likely N-dealkylation sites (N-methyl/N-ethyl adjacent to an activating group) is 1. The number of anilines is 1. The molecule has 4 nitrogen and oxygen atoms in total. The lowest BCUT2D eigenvalue weighted by Crippen LogP contribution is -2.47. The minimum Gasteiger partial charge on any atom is -0.389 e. The highest BCUT2D eigenvalue weighted by Crippen LogP contribution is 2.53. The van der Waals surface area contributed by atoms with Crippen LogP contribution in [0.3, 0.4) is 0 Å². The lowest BCUT2D eigenvalue weighted by Gasteiger charge is -2.36. The minimum atomic E-state index is -0.724. The zero-order valence-electron chi connectivity index (χ0n) is 16.2. The Morgan fingerprint density at radius 1 is 1.14 bits per heavy atom. The second kappa shape index (κ2) is 7.86. The summed E-state index contributed by atoms with van der Waals surface area (Å²) in [6.45, 7) is 0.402. The van der Waals surface area contributed by atoms with Gasteiger partial charge in [-0.05, 0) is 49.2 Å². The van der Waals surface area contributed by atoms with Gasteiger partial charge in [0.25, 0.3) is 0 Å². The van der Waals surface area contributed by atoms with Crippen LogP contribution in [-0.2, 0) is 10.2 Å². The molecule has 2 N–H and O–H groups in total. The molecule has 2 atom stereocenters. The molecular formula is C23H27ClN2O2. The zero-order valence-corrected chi connectivity index (χ0v) is 17.0. The lowest BCUT2D eigenvalue weighted by molar-refractivity contribution is -0.125. The van der Waals surface area contributed by atoms with Gasteiger partial charge in [-0.2, -0.15) is 0 Å². The molecular weight excluding hydrogens is 372 g/mol. The first kappa shape index (κ1) is 19.4. The summed E-state index contributed by atoms with van der Waals surface area (Å²) >= 11 is 6.34. The first-order chi connectivity index (χ1) is 13.6. The average molecular weight is 399 g/mol. The van der Waals surface area contributed by atoms with Crippen molar-refractivity contribution in [2.45, 2.75) is 49.7 Å². The van der Waals surface area contributed by atoms with Gasteiger partial charge < -0.3 is 15.3 Å². The Labute approximate surface area is 171 Å². The molecule has 4 rings (SSSR count). The third-order valence-electron chi connectivity index (χ3n) is 6.27. The van der Waals surface area contributed by atoms with Gasteiger partial charge in [-0.3, -0.25) is 4.79 Å². The van der Waals surface area contributed by atoms with Crippen molar-refractivity contribution in [3.05, 3.63) is 64.7 Å². The molecule has 1 spiro atoms. The zero-order chi connectivity index (χ0) is 19.7. The van der Waals surface area contributed by atoms with Crippen molar-refractivity contribution >= 4 is 23.2 Å². The molecule has 0 aromatic heterocycles. The highest BCUT2D eigenvalue weighted by atomic mass is 35.5. The number of nitrogens with one attached hydrogen (secondary N) is 1. The summed E-state index contributed by atoms with van der Waals surface area (Å²) in [5.41, 5.74) is 2.35. The Morgan fingerprint density at radius 2 is 1.86 bits per heavy atom. The first-order valence-electron chi connectivity index (χ1n) is 10.1. The number of aliphatic hydroxyl groups is 1. The largest absolute Gasteiger partial charge is 0.389 e. The highest BCUT2D eigenvalue weighted by Gasteiger charge is 2.53. The van der Waals surface area contributed by atoms with Crippen LogP contribution in [0.4, 0.5) is 5.69 Å². The van der Waals surface area contributed by atoms with Gasteiger partial charge in [0.05, 0.1) is 17.6 Å². The number of rotatable bonds is 5. The molecule has 2 unspecified atom stereocenters. The summed E-state index contributed by atoms with van der Waals surface area (Å²) in [6.07, 6.45) is 4.22. The lowest BCUT2D eigenvalue weighted by atomic mass is 9.70. The van der Waals surface area contributed by atoms with Crippen LogP contribution in [0.1, 0.15) is 49.3 Å². The molecule has 5 heteroatoms. The number of carbonyl (C=O) groups is 1. The van der Waals surface area contributed by atoms with Crippen molar-refractivity contribution in [1.82, 2.24) is 5.32 Å². The maximum absolute atomic E-state index is 13.9. The van der Waals surface area contributed by atoms with Crippen LogP contribution in [0, 0.1) is 0 Å². The van der Waals surface area contributed by atoms with Crippen molar-refractivity contribution in [1.29, 1.82) is 0 Å². The van der Waals surface area contributed by atoms with Gasteiger partial charge in [-0.15, -0.1) is 0 Å². The SMILES string of the molecule is CNCC(O)C(c1ccccc1)N1C(=O)C2(CCCCC2)c2cc(Cl)ccc21. The number of nitrogens with zero attached hydrogens (tertiary/aromatic N) is 1. The van der Waals surface area contributed by atoms with Gasteiger partial charge in [-0.1, -0.05) is 61.2 Å². The van der Waals surface area contributed by atoms with Gasteiger partial charge in [0.2, 0.25) is 5.91 Å². The number of amides is 1. The number of fused-ring (bicyclic) bond motifs is 2. The van der Waals surface area contributed by atoms with Gasteiger partial charge in [0.15, 0.2) is 0 Å².